The van der Waals surface area contributed by atoms with Crippen molar-refractivity contribution in [1.29, 1.82) is 0 Å². The van der Waals surface area contributed by atoms with Gasteiger partial charge in [-0.05, 0) is 44.1 Å². The molecule has 1 aliphatic rings. The minimum atomic E-state index is -3.49. The van der Waals surface area contributed by atoms with Crippen molar-refractivity contribution in [3.05, 3.63) is 35.9 Å². The summed E-state index contributed by atoms with van der Waals surface area (Å²) in [6.45, 7) is 3.05. The fourth-order valence-electron chi connectivity index (χ4n) is 2.72. The fourth-order valence-corrected chi connectivity index (χ4v) is 3.80. The quantitative estimate of drug-likeness (QED) is 0.726. The largest absolute Gasteiger partial charge is 0.379 e. The van der Waals surface area contributed by atoms with Crippen LogP contribution in [0.15, 0.2) is 30.3 Å². The van der Waals surface area contributed by atoms with Gasteiger partial charge in [-0.25, -0.2) is 0 Å². The van der Waals surface area contributed by atoms with Crippen molar-refractivity contribution in [3.63, 3.8) is 0 Å². The molecule has 1 aliphatic carbocycles. The number of hydrogen-bond acceptors (Lipinski definition) is 4. The predicted octanol–water partition coefficient (Wildman–Crippen LogP) is 3.13. The summed E-state index contributed by atoms with van der Waals surface area (Å²) in [4.78, 5) is 0. The first-order chi connectivity index (χ1) is 10.1. The molecule has 0 saturated heterocycles. The SMILES string of the molecule is CCOC1CCC(COS(=O)(=O)Cc2ccccc2)CC1. The van der Waals surface area contributed by atoms with Crippen LogP contribution in [0.2, 0.25) is 0 Å². The Morgan fingerprint density at radius 2 is 1.76 bits per heavy atom. The third-order valence-corrected chi connectivity index (χ3v) is 5.05. The molecule has 5 heteroatoms. The summed E-state index contributed by atoms with van der Waals surface area (Å²) in [6.07, 6.45) is 4.30. The van der Waals surface area contributed by atoms with Crippen LogP contribution in [0.1, 0.15) is 38.2 Å². The molecule has 0 radical (unpaired) electrons. The fraction of sp³-hybridized carbons (Fsp3) is 0.625. The van der Waals surface area contributed by atoms with Gasteiger partial charge in [-0.3, -0.25) is 4.18 Å². The highest BCUT2D eigenvalue weighted by atomic mass is 32.2. The molecule has 4 nitrogen and oxygen atoms in total. The van der Waals surface area contributed by atoms with Gasteiger partial charge in [-0.2, -0.15) is 8.42 Å². The minimum absolute atomic E-state index is 0.0534. The van der Waals surface area contributed by atoms with Crippen LogP contribution in [0.3, 0.4) is 0 Å². The Balaban J connectivity index is 1.75. The van der Waals surface area contributed by atoms with E-state index in [1.54, 1.807) is 12.1 Å². The summed E-state index contributed by atoms with van der Waals surface area (Å²) in [5, 5.41) is 0. The second-order valence-corrected chi connectivity index (χ2v) is 7.21. The third kappa shape index (κ3) is 5.77. The summed E-state index contributed by atoms with van der Waals surface area (Å²) in [5.74, 6) is 0.273. The molecule has 118 valence electrons. The van der Waals surface area contributed by atoms with Crippen LogP contribution >= 0.6 is 0 Å². The van der Waals surface area contributed by atoms with Crippen molar-refractivity contribution in [2.45, 2.75) is 44.5 Å². The maximum Gasteiger partial charge on any atom is 0.271 e. The molecule has 0 spiro atoms. The Morgan fingerprint density at radius 1 is 1.10 bits per heavy atom. The predicted molar refractivity (Wildman–Crippen MR) is 82.4 cm³/mol. The molecular weight excluding hydrogens is 288 g/mol. The summed E-state index contributed by atoms with van der Waals surface area (Å²) in [7, 11) is -3.49. The molecule has 0 aromatic heterocycles. The van der Waals surface area contributed by atoms with Gasteiger partial charge in [0.2, 0.25) is 0 Å². The highest BCUT2D eigenvalue weighted by Gasteiger charge is 2.23. The minimum Gasteiger partial charge on any atom is -0.379 e. The van der Waals surface area contributed by atoms with E-state index in [1.807, 2.05) is 25.1 Å². The maximum absolute atomic E-state index is 12.0. The van der Waals surface area contributed by atoms with Crippen LogP contribution < -0.4 is 0 Å². The average molecular weight is 312 g/mol. The number of hydrogen-bond donors (Lipinski definition) is 0. The van der Waals surface area contributed by atoms with E-state index < -0.39 is 10.1 Å². The molecule has 0 heterocycles. The highest BCUT2D eigenvalue weighted by Crippen LogP contribution is 2.27. The Bertz CT molecular complexity index is 504. The van der Waals surface area contributed by atoms with Gasteiger partial charge >= 0.3 is 0 Å². The van der Waals surface area contributed by atoms with E-state index >= 15 is 0 Å². The Hall–Kier alpha value is -0.910. The summed E-state index contributed by atoms with van der Waals surface area (Å²) < 4.78 is 34.7. The van der Waals surface area contributed by atoms with Gasteiger partial charge in [0.1, 0.15) is 5.75 Å². The van der Waals surface area contributed by atoms with E-state index in [2.05, 4.69) is 0 Å². The second kappa shape index (κ2) is 7.92. The lowest BCUT2D eigenvalue weighted by atomic mass is 9.88. The highest BCUT2D eigenvalue weighted by molar-refractivity contribution is 7.85. The van der Waals surface area contributed by atoms with Crippen molar-refractivity contribution in [1.82, 2.24) is 0 Å². The number of ether oxygens (including phenoxy) is 1. The monoisotopic (exact) mass is 312 g/mol. The van der Waals surface area contributed by atoms with E-state index in [-0.39, 0.29) is 5.75 Å². The molecule has 0 N–H and O–H groups in total. The van der Waals surface area contributed by atoms with Crippen LogP contribution in [-0.2, 0) is 24.8 Å². The van der Waals surface area contributed by atoms with Crippen molar-refractivity contribution >= 4 is 10.1 Å². The Morgan fingerprint density at radius 3 is 2.38 bits per heavy atom. The van der Waals surface area contributed by atoms with Gasteiger partial charge in [0.25, 0.3) is 10.1 Å². The van der Waals surface area contributed by atoms with Crippen LogP contribution in [0.5, 0.6) is 0 Å². The van der Waals surface area contributed by atoms with Gasteiger partial charge in [0.15, 0.2) is 0 Å². The average Bonchev–Trinajstić information content (AvgIpc) is 2.48. The molecule has 0 aliphatic heterocycles. The first kappa shape index (κ1) is 16.5. The normalized spacial score (nSPS) is 23.1. The van der Waals surface area contributed by atoms with Crippen LogP contribution in [-0.4, -0.2) is 27.7 Å². The Labute approximate surface area is 127 Å². The van der Waals surface area contributed by atoms with E-state index in [4.69, 9.17) is 8.92 Å². The van der Waals surface area contributed by atoms with E-state index in [1.165, 1.54) is 0 Å². The zero-order valence-corrected chi connectivity index (χ0v) is 13.3. The van der Waals surface area contributed by atoms with Crippen molar-refractivity contribution in [3.8, 4) is 0 Å². The van der Waals surface area contributed by atoms with Gasteiger partial charge in [0, 0.05) is 6.61 Å². The molecule has 1 aromatic rings. The van der Waals surface area contributed by atoms with E-state index in [9.17, 15) is 8.42 Å². The molecular formula is C16H24O4S. The molecule has 2 rings (SSSR count). The van der Waals surface area contributed by atoms with Gasteiger partial charge in [-0.1, -0.05) is 30.3 Å². The molecule has 0 amide bonds. The van der Waals surface area contributed by atoms with Gasteiger partial charge in [0.05, 0.1) is 12.7 Å². The summed E-state index contributed by atoms with van der Waals surface area (Å²) in [6, 6.07) is 9.13. The van der Waals surface area contributed by atoms with Crippen LogP contribution in [0, 0.1) is 5.92 Å². The van der Waals surface area contributed by atoms with E-state index in [0.717, 1.165) is 37.9 Å². The maximum atomic E-state index is 12.0. The Kier molecular flexibility index (Phi) is 6.21. The van der Waals surface area contributed by atoms with Gasteiger partial charge < -0.3 is 4.74 Å². The lowest BCUT2D eigenvalue weighted by Crippen LogP contribution is -2.25. The molecule has 21 heavy (non-hydrogen) atoms. The standard InChI is InChI=1S/C16H24O4S/c1-2-19-16-10-8-14(9-11-16)12-20-21(17,18)13-15-6-4-3-5-7-15/h3-7,14,16H,2,8-13H2,1H3. The summed E-state index contributed by atoms with van der Waals surface area (Å²) >= 11 is 0. The first-order valence-electron chi connectivity index (χ1n) is 7.61. The first-order valence-corrected chi connectivity index (χ1v) is 9.19. The number of benzene rings is 1. The smallest absolute Gasteiger partial charge is 0.271 e. The van der Waals surface area contributed by atoms with E-state index in [0.29, 0.717) is 18.6 Å². The van der Waals surface area contributed by atoms with Gasteiger partial charge in [-0.15, -0.1) is 0 Å². The van der Waals surface area contributed by atoms with Crippen molar-refractivity contribution in [2.75, 3.05) is 13.2 Å². The molecule has 1 saturated carbocycles. The lowest BCUT2D eigenvalue weighted by Gasteiger charge is -2.27. The molecule has 1 aromatic carbocycles. The zero-order chi connectivity index (χ0) is 15.1. The summed E-state index contributed by atoms with van der Waals surface area (Å²) in [5.41, 5.74) is 0.762. The second-order valence-electron chi connectivity index (χ2n) is 5.57. The number of rotatable bonds is 7. The van der Waals surface area contributed by atoms with Crippen LogP contribution in [0.25, 0.3) is 0 Å². The lowest BCUT2D eigenvalue weighted by molar-refractivity contribution is 0.0203. The molecule has 1 fully saturated rings. The van der Waals surface area contributed by atoms with Crippen molar-refractivity contribution in [2.24, 2.45) is 5.92 Å². The topological polar surface area (TPSA) is 52.6 Å². The molecule has 0 bridgehead atoms. The zero-order valence-electron chi connectivity index (χ0n) is 12.5. The third-order valence-electron chi connectivity index (χ3n) is 3.87. The molecule has 0 unspecified atom stereocenters. The van der Waals surface area contributed by atoms with Crippen molar-refractivity contribution < 1.29 is 17.3 Å². The van der Waals surface area contributed by atoms with Crippen LogP contribution in [0.4, 0.5) is 0 Å². The molecule has 0 atom stereocenters.